The van der Waals surface area contributed by atoms with Crippen LogP contribution in [0, 0.1) is 12.7 Å². The Bertz CT molecular complexity index is 681. The van der Waals surface area contributed by atoms with Crippen molar-refractivity contribution in [3.63, 3.8) is 0 Å². The van der Waals surface area contributed by atoms with Gasteiger partial charge in [-0.05, 0) is 37.1 Å². The van der Waals surface area contributed by atoms with Gasteiger partial charge in [0.05, 0.1) is 11.6 Å². The normalized spacial score (nSPS) is 15.7. The quantitative estimate of drug-likeness (QED) is 0.852. The van der Waals surface area contributed by atoms with E-state index in [0.717, 1.165) is 11.1 Å². The van der Waals surface area contributed by atoms with E-state index in [9.17, 15) is 9.18 Å². The van der Waals surface area contributed by atoms with Crippen LogP contribution in [0.3, 0.4) is 0 Å². The molecule has 1 amide bonds. The number of nitrogens with one attached hydrogen (secondary N) is 1. The SMILES string of the molecule is Cc1occc1C(Cl)c1cc2c(cc1F)NC(=O)CC2. The Hall–Kier alpha value is -1.81. The molecule has 1 aliphatic heterocycles. The van der Waals surface area contributed by atoms with Crippen molar-refractivity contribution in [3.8, 4) is 0 Å². The molecular weight excluding hydrogens is 281 g/mol. The molecule has 2 aromatic rings. The van der Waals surface area contributed by atoms with Crippen molar-refractivity contribution in [1.82, 2.24) is 0 Å². The monoisotopic (exact) mass is 293 g/mol. The molecule has 0 bridgehead atoms. The maximum Gasteiger partial charge on any atom is 0.224 e. The van der Waals surface area contributed by atoms with E-state index >= 15 is 0 Å². The maximum absolute atomic E-state index is 14.2. The molecule has 5 heteroatoms. The van der Waals surface area contributed by atoms with Crippen molar-refractivity contribution in [2.24, 2.45) is 0 Å². The summed E-state index contributed by atoms with van der Waals surface area (Å²) in [5, 5.41) is 2.07. The Balaban J connectivity index is 2.02. The first-order valence-corrected chi connectivity index (χ1v) is 6.80. The van der Waals surface area contributed by atoms with Gasteiger partial charge in [0.25, 0.3) is 0 Å². The Morgan fingerprint density at radius 2 is 2.15 bits per heavy atom. The van der Waals surface area contributed by atoms with Crippen LogP contribution in [0.15, 0.2) is 28.9 Å². The number of rotatable bonds is 2. The molecule has 0 saturated heterocycles. The second-order valence-electron chi connectivity index (χ2n) is 4.87. The molecule has 0 spiro atoms. The number of fused-ring (bicyclic) bond motifs is 1. The summed E-state index contributed by atoms with van der Waals surface area (Å²) in [5.41, 5.74) is 2.61. The summed E-state index contributed by atoms with van der Waals surface area (Å²) in [7, 11) is 0. The number of hydrogen-bond donors (Lipinski definition) is 1. The van der Waals surface area contributed by atoms with Crippen LogP contribution in [0.1, 0.15) is 34.2 Å². The molecule has 2 heterocycles. The molecule has 0 fully saturated rings. The number of anilines is 1. The summed E-state index contributed by atoms with van der Waals surface area (Å²) in [6.07, 6.45) is 2.55. The first-order chi connectivity index (χ1) is 9.56. The third kappa shape index (κ3) is 2.20. The second kappa shape index (κ2) is 4.94. The van der Waals surface area contributed by atoms with E-state index in [1.54, 1.807) is 19.1 Å². The van der Waals surface area contributed by atoms with Gasteiger partial charge in [-0.25, -0.2) is 4.39 Å². The van der Waals surface area contributed by atoms with Crippen LogP contribution in [-0.2, 0) is 11.2 Å². The second-order valence-corrected chi connectivity index (χ2v) is 5.31. The minimum Gasteiger partial charge on any atom is -0.469 e. The lowest BCUT2D eigenvalue weighted by molar-refractivity contribution is -0.116. The minimum atomic E-state index is -0.600. The molecule has 0 saturated carbocycles. The van der Waals surface area contributed by atoms with E-state index < -0.39 is 11.2 Å². The highest BCUT2D eigenvalue weighted by Crippen LogP contribution is 2.36. The Labute approximate surface area is 120 Å². The van der Waals surface area contributed by atoms with Gasteiger partial charge in [-0.3, -0.25) is 4.79 Å². The summed E-state index contributed by atoms with van der Waals surface area (Å²) in [6, 6.07) is 4.81. The third-order valence-electron chi connectivity index (χ3n) is 3.56. The average molecular weight is 294 g/mol. The molecule has 1 unspecified atom stereocenters. The molecule has 1 aromatic heterocycles. The average Bonchev–Trinajstić information content (AvgIpc) is 2.83. The highest BCUT2D eigenvalue weighted by molar-refractivity contribution is 6.22. The van der Waals surface area contributed by atoms with Crippen LogP contribution in [-0.4, -0.2) is 5.91 Å². The van der Waals surface area contributed by atoms with Crippen LogP contribution in [0.5, 0.6) is 0 Å². The summed E-state index contributed by atoms with van der Waals surface area (Å²) in [5.74, 6) is 0.166. The fourth-order valence-corrected chi connectivity index (χ4v) is 2.83. The van der Waals surface area contributed by atoms with Gasteiger partial charge in [0.1, 0.15) is 11.6 Å². The summed E-state index contributed by atoms with van der Waals surface area (Å²) in [4.78, 5) is 11.3. The van der Waals surface area contributed by atoms with Gasteiger partial charge in [-0.15, -0.1) is 11.6 Å². The fourth-order valence-electron chi connectivity index (χ4n) is 2.44. The molecule has 0 radical (unpaired) electrons. The van der Waals surface area contributed by atoms with Crippen LogP contribution in [0.25, 0.3) is 0 Å². The van der Waals surface area contributed by atoms with E-state index in [0.29, 0.717) is 29.9 Å². The molecule has 0 aliphatic carbocycles. The van der Waals surface area contributed by atoms with Gasteiger partial charge in [0.15, 0.2) is 0 Å². The van der Waals surface area contributed by atoms with Crippen molar-refractivity contribution in [2.45, 2.75) is 25.1 Å². The van der Waals surface area contributed by atoms with Gasteiger partial charge in [0, 0.05) is 23.2 Å². The zero-order valence-electron chi connectivity index (χ0n) is 10.9. The van der Waals surface area contributed by atoms with Gasteiger partial charge in [0.2, 0.25) is 5.91 Å². The lowest BCUT2D eigenvalue weighted by atomic mass is 9.96. The van der Waals surface area contributed by atoms with Crippen LogP contribution >= 0.6 is 11.6 Å². The largest absolute Gasteiger partial charge is 0.469 e. The Morgan fingerprint density at radius 3 is 2.85 bits per heavy atom. The minimum absolute atomic E-state index is 0.0854. The lowest BCUT2D eigenvalue weighted by Gasteiger charge is -2.19. The number of carbonyl (C=O) groups excluding carboxylic acids is 1. The number of alkyl halides is 1. The maximum atomic E-state index is 14.2. The highest BCUT2D eigenvalue weighted by atomic mass is 35.5. The van der Waals surface area contributed by atoms with Gasteiger partial charge in [-0.2, -0.15) is 0 Å². The van der Waals surface area contributed by atoms with Crippen LogP contribution in [0.4, 0.5) is 10.1 Å². The predicted octanol–water partition coefficient (Wildman–Crippen LogP) is 3.94. The standard InChI is InChI=1S/C15H13ClFNO2/c1-8-10(4-5-20-8)15(16)11-6-9-2-3-14(19)18-13(9)7-12(11)17/h4-7,15H,2-3H2,1H3,(H,18,19). The zero-order valence-corrected chi connectivity index (χ0v) is 11.6. The number of benzene rings is 1. The molecule has 1 atom stereocenters. The molecule has 3 rings (SSSR count). The Kier molecular flexibility index (Phi) is 3.26. The summed E-state index contributed by atoms with van der Waals surface area (Å²) >= 11 is 6.37. The zero-order chi connectivity index (χ0) is 14.3. The van der Waals surface area contributed by atoms with Crippen molar-refractivity contribution in [2.75, 3.05) is 5.32 Å². The first-order valence-electron chi connectivity index (χ1n) is 6.36. The highest BCUT2D eigenvalue weighted by Gasteiger charge is 2.23. The van der Waals surface area contributed by atoms with Gasteiger partial charge in [-0.1, -0.05) is 0 Å². The summed E-state index contributed by atoms with van der Waals surface area (Å²) in [6.45, 7) is 1.79. The number of carbonyl (C=O) groups is 1. The number of halogens is 2. The van der Waals surface area contributed by atoms with Gasteiger partial charge < -0.3 is 9.73 Å². The first kappa shape index (κ1) is 13.2. The topological polar surface area (TPSA) is 42.2 Å². The number of furan rings is 1. The molecule has 1 N–H and O–H groups in total. The van der Waals surface area contributed by atoms with E-state index in [1.165, 1.54) is 12.3 Å². The van der Waals surface area contributed by atoms with E-state index in [-0.39, 0.29) is 5.91 Å². The number of amides is 1. The number of aryl methyl sites for hydroxylation is 2. The van der Waals surface area contributed by atoms with E-state index in [2.05, 4.69) is 5.32 Å². The van der Waals surface area contributed by atoms with E-state index in [4.69, 9.17) is 16.0 Å². The predicted molar refractivity (Wildman–Crippen MR) is 74.5 cm³/mol. The van der Waals surface area contributed by atoms with Crippen molar-refractivity contribution in [3.05, 3.63) is 52.7 Å². The summed E-state index contributed by atoms with van der Waals surface area (Å²) < 4.78 is 19.4. The van der Waals surface area contributed by atoms with Crippen molar-refractivity contribution in [1.29, 1.82) is 0 Å². The fraction of sp³-hybridized carbons (Fsp3) is 0.267. The van der Waals surface area contributed by atoms with E-state index in [1.807, 2.05) is 0 Å². The van der Waals surface area contributed by atoms with Crippen molar-refractivity contribution >= 4 is 23.2 Å². The molecule has 1 aliphatic rings. The van der Waals surface area contributed by atoms with Crippen LogP contribution < -0.4 is 5.32 Å². The Morgan fingerprint density at radius 1 is 1.35 bits per heavy atom. The molecule has 1 aromatic carbocycles. The van der Waals surface area contributed by atoms with Crippen LogP contribution in [0.2, 0.25) is 0 Å². The number of hydrogen-bond acceptors (Lipinski definition) is 2. The smallest absolute Gasteiger partial charge is 0.224 e. The molecule has 20 heavy (non-hydrogen) atoms. The molecule has 3 nitrogen and oxygen atoms in total. The van der Waals surface area contributed by atoms with Gasteiger partial charge >= 0.3 is 0 Å². The lowest BCUT2D eigenvalue weighted by Crippen LogP contribution is -2.19. The molecule has 104 valence electrons. The van der Waals surface area contributed by atoms with Crippen molar-refractivity contribution < 1.29 is 13.6 Å². The molecular formula is C15H13ClFNO2. The third-order valence-corrected chi connectivity index (χ3v) is 4.03.